The van der Waals surface area contributed by atoms with Crippen LogP contribution in [0.3, 0.4) is 0 Å². The number of hydrogen-bond donors (Lipinski definition) is 2. The van der Waals surface area contributed by atoms with Gasteiger partial charge in [-0.05, 0) is 35.7 Å². The first-order valence-electron chi connectivity index (χ1n) is 9.15. The van der Waals surface area contributed by atoms with Gasteiger partial charge in [-0.2, -0.15) is 5.26 Å². The smallest absolute Gasteiger partial charge is 0.240 e. The predicted octanol–water partition coefficient (Wildman–Crippen LogP) is 2.85. The third kappa shape index (κ3) is 4.65. The summed E-state index contributed by atoms with van der Waals surface area (Å²) in [5.41, 5.74) is -0.799. The Morgan fingerprint density at radius 2 is 1.78 bits per heavy atom. The first kappa shape index (κ1) is 19.3. The van der Waals surface area contributed by atoms with Crippen molar-refractivity contribution >= 4 is 26.7 Å². The van der Waals surface area contributed by atoms with Crippen LogP contribution in [0.5, 0.6) is 0 Å². The van der Waals surface area contributed by atoms with Gasteiger partial charge in [0.25, 0.3) is 0 Å². The fourth-order valence-corrected chi connectivity index (χ4v) is 4.53. The lowest BCUT2D eigenvalue weighted by molar-refractivity contribution is -0.122. The number of rotatable bonds is 6. The highest BCUT2D eigenvalue weighted by atomic mass is 32.2. The Morgan fingerprint density at radius 3 is 2.48 bits per heavy atom. The minimum Gasteiger partial charge on any atom is -0.338 e. The maximum atomic E-state index is 12.5. The molecule has 27 heavy (non-hydrogen) atoms. The van der Waals surface area contributed by atoms with E-state index < -0.39 is 15.6 Å². The molecule has 1 aliphatic rings. The highest BCUT2D eigenvalue weighted by Gasteiger charge is 2.33. The van der Waals surface area contributed by atoms with Crippen molar-refractivity contribution in [3.63, 3.8) is 0 Å². The number of fused-ring (bicyclic) bond motifs is 1. The lowest BCUT2D eigenvalue weighted by Gasteiger charge is -2.31. The minimum absolute atomic E-state index is 0.00373. The summed E-state index contributed by atoms with van der Waals surface area (Å²) in [6, 6.07) is 14.7. The van der Waals surface area contributed by atoms with Crippen LogP contribution in [0.25, 0.3) is 10.8 Å². The molecule has 6 nitrogen and oxygen atoms in total. The van der Waals surface area contributed by atoms with Crippen molar-refractivity contribution in [3.8, 4) is 6.07 Å². The largest absolute Gasteiger partial charge is 0.338 e. The topological polar surface area (TPSA) is 99.1 Å². The highest BCUT2D eigenvalue weighted by molar-refractivity contribution is 7.89. The number of benzene rings is 2. The van der Waals surface area contributed by atoms with Gasteiger partial charge in [-0.1, -0.05) is 49.6 Å². The zero-order chi connectivity index (χ0) is 19.3. The molecule has 0 unspecified atom stereocenters. The number of sulfonamides is 1. The van der Waals surface area contributed by atoms with Gasteiger partial charge in [0.15, 0.2) is 0 Å². The van der Waals surface area contributed by atoms with Crippen LogP contribution in [0, 0.1) is 11.3 Å². The Balaban J connectivity index is 1.58. The van der Waals surface area contributed by atoms with E-state index in [-0.39, 0.29) is 23.8 Å². The second-order valence-corrected chi connectivity index (χ2v) is 8.73. The average molecular weight is 385 g/mol. The maximum Gasteiger partial charge on any atom is 0.240 e. The Hall–Kier alpha value is -2.43. The summed E-state index contributed by atoms with van der Waals surface area (Å²) < 4.78 is 27.4. The van der Waals surface area contributed by atoms with Gasteiger partial charge in [-0.25, -0.2) is 13.1 Å². The van der Waals surface area contributed by atoms with Crippen molar-refractivity contribution in [2.24, 2.45) is 0 Å². The third-order valence-electron chi connectivity index (χ3n) is 4.98. The average Bonchev–Trinajstić information content (AvgIpc) is 2.68. The van der Waals surface area contributed by atoms with Crippen LogP contribution in [-0.2, 0) is 14.8 Å². The Morgan fingerprint density at radius 1 is 1.07 bits per heavy atom. The predicted molar refractivity (Wildman–Crippen MR) is 103 cm³/mol. The van der Waals surface area contributed by atoms with Gasteiger partial charge in [0, 0.05) is 13.0 Å². The molecule has 0 atom stereocenters. The highest BCUT2D eigenvalue weighted by Crippen LogP contribution is 2.27. The summed E-state index contributed by atoms with van der Waals surface area (Å²) in [6.07, 6.45) is 4.21. The molecule has 2 aromatic carbocycles. The molecular formula is C20H23N3O3S. The van der Waals surface area contributed by atoms with Crippen LogP contribution in [-0.4, -0.2) is 26.4 Å². The zero-order valence-electron chi connectivity index (χ0n) is 15.1. The molecule has 7 heteroatoms. The van der Waals surface area contributed by atoms with Crippen molar-refractivity contribution in [3.05, 3.63) is 42.5 Å². The molecule has 142 valence electrons. The van der Waals surface area contributed by atoms with Crippen molar-refractivity contribution in [2.45, 2.75) is 49.0 Å². The number of carbonyl (C=O) groups excluding carboxylic acids is 1. The van der Waals surface area contributed by atoms with Crippen molar-refractivity contribution < 1.29 is 13.2 Å². The van der Waals surface area contributed by atoms with Crippen molar-refractivity contribution in [1.29, 1.82) is 5.26 Å². The SMILES string of the molecule is N#CC1(NC(=O)CCNS(=O)(=O)c2ccc3ccccc3c2)CCCCC1. The normalized spacial score (nSPS) is 16.6. The molecular weight excluding hydrogens is 362 g/mol. The molecule has 2 N–H and O–H groups in total. The number of hydrogen-bond acceptors (Lipinski definition) is 4. The van der Waals surface area contributed by atoms with E-state index in [9.17, 15) is 18.5 Å². The molecule has 0 heterocycles. The molecule has 0 saturated heterocycles. The van der Waals surface area contributed by atoms with Crippen LogP contribution in [0.2, 0.25) is 0 Å². The molecule has 1 saturated carbocycles. The minimum atomic E-state index is -3.70. The van der Waals surface area contributed by atoms with E-state index in [0.717, 1.165) is 30.0 Å². The molecule has 0 aromatic heterocycles. The second kappa shape index (κ2) is 8.07. The fourth-order valence-electron chi connectivity index (χ4n) is 3.47. The van der Waals surface area contributed by atoms with Gasteiger partial charge >= 0.3 is 0 Å². The van der Waals surface area contributed by atoms with Crippen LogP contribution in [0.15, 0.2) is 47.4 Å². The summed E-state index contributed by atoms with van der Waals surface area (Å²) in [4.78, 5) is 12.3. The first-order chi connectivity index (χ1) is 12.9. The summed E-state index contributed by atoms with van der Waals surface area (Å²) in [5.74, 6) is -0.306. The number of nitriles is 1. The number of carbonyl (C=O) groups is 1. The van der Waals surface area contributed by atoms with Gasteiger partial charge in [0.1, 0.15) is 5.54 Å². The Kier molecular flexibility index (Phi) is 5.78. The lowest BCUT2D eigenvalue weighted by atomic mass is 9.83. The molecule has 0 bridgehead atoms. The molecule has 1 fully saturated rings. The Labute approximate surface area is 159 Å². The number of nitrogens with zero attached hydrogens (tertiary/aromatic N) is 1. The number of nitrogens with one attached hydrogen (secondary N) is 2. The standard InChI is InChI=1S/C20H23N3O3S/c21-15-20(11-4-1-5-12-20)23-19(24)10-13-22-27(25,26)18-9-8-16-6-2-3-7-17(16)14-18/h2-3,6-9,14,22H,1,4-5,10-13H2,(H,23,24). The first-order valence-corrected chi connectivity index (χ1v) is 10.6. The molecule has 0 radical (unpaired) electrons. The number of amides is 1. The summed E-state index contributed by atoms with van der Waals surface area (Å²) in [6.45, 7) is -0.0114. The third-order valence-corrected chi connectivity index (χ3v) is 6.43. The van der Waals surface area contributed by atoms with E-state index in [1.54, 1.807) is 18.2 Å². The quantitative estimate of drug-likeness (QED) is 0.799. The van der Waals surface area contributed by atoms with Crippen molar-refractivity contribution in [1.82, 2.24) is 10.0 Å². The summed E-state index contributed by atoms with van der Waals surface area (Å²) in [5, 5.41) is 14.0. The Bertz CT molecular complexity index is 973. The van der Waals surface area contributed by atoms with Gasteiger partial charge in [0.05, 0.1) is 11.0 Å². The van der Waals surface area contributed by atoms with Crippen LogP contribution < -0.4 is 10.0 Å². The van der Waals surface area contributed by atoms with Gasteiger partial charge in [-0.3, -0.25) is 4.79 Å². The zero-order valence-corrected chi connectivity index (χ0v) is 15.9. The second-order valence-electron chi connectivity index (χ2n) is 6.96. The maximum absolute atomic E-state index is 12.5. The van der Waals surface area contributed by atoms with E-state index in [4.69, 9.17) is 0 Å². The molecule has 0 spiro atoms. The van der Waals surface area contributed by atoms with Gasteiger partial charge < -0.3 is 5.32 Å². The van der Waals surface area contributed by atoms with Crippen LogP contribution in [0.1, 0.15) is 38.5 Å². The molecule has 1 aliphatic carbocycles. The molecule has 3 rings (SSSR count). The molecule has 0 aliphatic heterocycles. The van der Waals surface area contributed by atoms with Crippen molar-refractivity contribution in [2.75, 3.05) is 6.54 Å². The lowest BCUT2D eigenvalue weighted by Crippen LogP contribution is -2.49. The van der Waals surface area contributed by atoms with E-state index >= 15 is 0 Å². The summed E-state index contributed by atoms with van der Waals surface area (Å²) >= 11 is 0. The fraction of sp³-hybridized carbons (Fsp3) is 0.400. The molecule has 2 aromatic rings. The van der Waals surface area contributed by atoms with E-state index in [0.29, 0.717) is 12.8 Å². The van der Waals surface area contributed by atoms with E-state index in [1.165, 1.54) is 0 Å². The van der Waals surface area contributed by atoms with Gasteiger partial charge in [0.2, 0.25) is 15.9 Å². The van der Waals surface area contributed by atoms with Crippen LogP contribution >= 0.6 is 0 Å². The van der Waals surface area contributed by atoms with Crippen LogP contribution in [0.4, 0.5) is 0 Å². The summed E-state index contributed by atoms with van der Waals surface area (Å²) in [7, 11) is -3.70. The van der Waals surface area contributed by atoms with E-state index in [2.05, 4.69) is 16.1 Å². The van der Waals surface area contributed by atoms with Gasteiger partial charge in [-0.15, -0.1) is 0 Å². The monoisotopic (exact) mass is 385 g/mol. The van der Waals surface area contributed by atoms with E-state index in [1.807, 2.05) is 24.3 Å². The molecule has 1 amide bonds.